The Morgan fingerprint density at radius 2 is 2.19 bits per heavy atom. The second-order valence-corrected chi connectivity index (χ2v) is 5.16. The lowest BCUT2D eigenvalue weighted by Gasteiger charge is -2.14. The van der Waals surface area contributed by atoms with Crippen LogP contribution >= 0.6 is 15.9 Å². The minimum Gasteiger partial charge on any atom is -0.493 e. The van der Waals surface area contributed by atoms with Gasteiger partial charge in [0.2, 0.25) is 5.76 Å². The van der Waals surface area contributed by atoms with Crippen LogP contribution in [0.2, 0.25) is 0 Å². The summed E-state index contributed by atoms with van der Waals surface area (Å²) in [6, 6.07) is 5.50. The molecule has 0 aromatic heterocycles. The summed E-state index contributed by atoms with van der Waals surface area (Å²) < 4.78 is 15.6. The van der Waals surface area contributed by atoms with Gasteiger partial charge in [0.05, 0.1) is 5.69 Å². The van der Waals surface area contributed by atoms with Crippen molar-refractivity contribution in [2.24, 2.45) is 0 Å². The van der Waals surface area contributed by atoms with E-state index >= 15 is 0 Å². The lowest BCUT2D eigenvalue weighted by atomic mass is 10.2. The fourth-order valence-corrected chi connectivity index (χ4v) is 2.18. The molecule has 112 valence electrons. The first-order valence-electron chi connectivity index (χ1n) is 6.24. The van der Waals surface area contributed by atoms with Crippen LogP contribution < -0.4 is 5.32 Å². The lowest BCUT2D eigenvalue weighted by molar-refractivity contribution is -0.148. The van der Waals surface area contributed by atoms with Crippen molar-refractivity contribution >= 4 is 33.5 Å². The smallest absolute Gasteiger partial charge is 0.377 e. The van der Waals surface area contributed by atoms with Crippen LogP contribution in [0.5, 0.6) is 0 Å². The van der Waals surface area contributed by atoms with Crippen molar-refractivity contribution in [3.63, 3.8) is 0 Å². The summed E-state index contributed by atoms with van der Waals surface area (Å²) in [6.45, 7) is 2.21. The van der Waals surface area contributed by atoms with Gasteiger partial charge in [0.15, 0.2) is 6.61 Å². The highest BCUT2D eigenvalue weighted by atomic mass is 79.9. The molecule has 0 bridgehead atoms. The van der Waals surface area contributed by atoms with Crippen LogP contribution in [-0.2, 0) is 23.8 Å². The van der Waals surface area contributed by atoms with Gasteiger partial charge in [-0.2, -0.15) is 0 Å². The highest BCUT2D eigenvalue weighted by molar-refractivity contribution is 9.10. The molecule has 1 aromatic rings. The standard InChI is InChI=1S/C14H14BrNO5/c1-9-2-3-11(10(15)6-9)16-13(17)8-21-14(18)12-7-19-4-5-20-12/h2-3,6-7H,4-5,8H2,1H3,(H,16,17). The molecule has 0 spiro atoms. The van der Waals surface area contributed by atoms with Crippen molar-refractivity contribution in [2.45, 2.75) is 6.92 Å². The maximum Gasteiger partial charge on any atom is 0.377 e. The first-order valence-corrected chi connectivity index (χ1v) is 7.03. The predicted molar refractivity (Wildman–Crippen MR) is 78.5 cm³/mol. The summed E-state index contributed by atoms with van der Waals surface area (Å²) in [5, 5.41) is 2.64. The Labute approximate surface area is 130 Å². The fraction of sp³-hybridized carbons (Fsp3) is 0.286. The molecule has 21 heavy (non-hydrogen) atoms. The Kier molecular flexibility index (Phi) is 5.21. The Hall–Kier alpha value is -2.02. The Bertz CT molecular complexity index is 585. The maximum atomic E-state index is 11.7. The van der Waals surface area contributed by atoms with Crippen LogP contribution in [0.3, 0.4) is 0 Å². The molecule has 0 saturated carbocycles. The molecular weight excluding hydrogens is 342 g/mol. The van der Waals surface area contributed by atoms with E-state index in [4.69, 9.17) is 14.2 Å². The predicted octanol–water partition coefficient (Wildman–Crippen LogP) is 2.13. The number of hydrogen-bond donors (Lipinski definition) is 1. The van der Waals surface area contributed by atoms with Crippen LogP contribution in [0.15, 0.2) is 34.7 Å². The van der Waals surface area contributed by atoms with Gasteiger partial charge in [-0.25, -0.2) is 4.79 Å². The zero-order valence-electron chi connectivity index (χ0n) is 11.3. The van der Waals surface area contributed by atoms with E-state index in [2.05, 4.69) is 21.2 Å². The average molecular weight is 356 g/mol. The third-order valence-electron chi connectivity index (χ3n) is 2.58. The number of carbonyl (C=O) groups excluding carboxylic acids is 2. The van der Waals surface area contributed by atoms with Crippen LogP contribution in [0, 0.1) is 6.92 Å². The molecule has 0 radical (unpaired) electrons. The van der Waals surface area contributed by atoms with E-state index in [1.54, 1.807) is 6.07 Å². The zero-order valence-corrected chi connectivity index (χ0v) is 12.9. The van der Waals surface area contributed by atoms with Gasteiger partial charge in [0.1, 0.15) is 19.5 Å². The summed E-state index contributed by atoms with van der Waals surface area (Å²) in [4.78, 5) is 23.3. The third-order valence-corrected chi connectivity index (χ3v) is 3.24. The first kappa shape index (κ1) is 15.4. The quantitative estimate of drug-likeness (QED) is 0.837. The maximum absolute atomic E-state index is 11.7. The summed E-state index contributed by atoms with van der Waals surface area (Å²) in [7, 11) is 0. The van der Waals surface area contributed by atoms with Gasteiger partial charge >= 0.3 is 5.97 Å². The SMILES string of the molecule is Cc1ccc(NC(=O)COC(=O)C2=COCCO2)c(Br)c1. The molecule has 1 aliphatic heterocycles. The van der Waals surface area contributed by atoms with E-state index in [9.17, 15) is 9.59 Å². The largest absolute Gasteiger partial charge is 0.493 e. The van der Waals surface area contributed by atoms with Crippen LogP contribution in [0.1, 0.15) is 5.56 Å². The van der Waals surface area contributed by atoms with Gasteiger partial charge in [-0.3, -0.25) is 4.79 Å². The van der Waals surface area contributed by atoms with Gasteiger partial charge in [-0.1, -0.05) is 6.07 Å². The molecule has 0 fully saturated rings. The molecule has 0 atom stereocenters. The molecule has 1 aliphatic rings. The van der Waals surface area contributed by atoms with Gasteiger partial charge in [0, 0.05) is 4.47 Å². The van der Waals surface area contributed by atoms with E-state index in [0.29, 0.717) is 12.3 Å². The van der Waals surface area contributed by atoms with Gasteiger partial charge in [-0.05, 0) is 40.5 Å². The van der Waals surface area contributed by atoms with Crippen molar-refractivity contribution in [2.75, 3.05) is 25.1 Å². The van der Waals surface area contributed by atoms with E-state index in [0.717, 1.165) is 10.0 Å². The van der Waals surface area contributed by atoms with Crippen molar-refractivity contribution < 1.29 is 23.8 Å². The van der Waals surface area contributed by atoms with Crippen LogP contribution in [0.4, 0.5) is 5.69 Å². The number of esters is 1. The number of ether oxygens (including phenoxy) is 3. The number of hydrogen-bond acceptors (Lipinski definition) is 5. The van der Waals surface area contributed by atoms with E-state index in [1.807, 2.05) is 19.1 Å². The molecular formula is C14H14BrNO5. The summed E-state index contributed by atoms with van der Waals surface area (Å²) in [5.74, 6) is -1.20. The number of benzene rings is 1. The molecule has 2 rings (SSSR count). The molecule has 7 heteroatoms. The summed E-state index contributed by atoms with van der Waals surface area (Å²) in [6.07, 6.45) is 1.18. The normalized spacial score (nSPS) is 13.5. The molecule has 0 unspecified atom stereocenters. The van der Waals surface area contributed by atoms with E-state index in [1.165, 1.54) is 6.26 Å². The minimum atomic E-state index is -0.729. The second kappa shape index (κ2) is 7.12. The molecule has 0 saturated heterocycles. The molecule has 0 aliphatic carbocycles. The van der Waals surface area contributed by atoms with Crippen molar-refractivity contribution in [3.8, 4) is 0 Å². The second-order valence-electron chi connectivity index (χ2n) is 4.31. The van der Waals surface area contributed by atoms with Crippen LogP contribution in [0.25, 0.3) is 0 Å². The Morgan fingerprint density at radius 3 is 2.86 bits per heavy atom. The summed E-state index contributed by atoms with van der Waals surface area (Å²) >= 11 is 3.35. The third kappa shape index (κ3) is 4.49. The van der Waals surface area contributed by atoms with Gasteiger partial charge in [-0.15, -0.1) is 0 Å². The average Bonchev–Trinajstić information content (AvgIpc) is 2.48. The van der Waals surface area contributed by atoms with Crippen molar-refractivity contribution in [3.05, 3.63) is 40.3 Å². The number of rotatable bonds is 4. The number of halogens is 1. The summed E-state index contributed by atoms with van der Waals surface area (Å²) in [5.41, 5.74) is 1.67. The number of amides is 1. The Balaban J connectivity index is 1.84. The number of carbonyl (C=O) groups is 2. The molecule has 1 amide bonds. The molecule has 6 nitrogen and oxygen atoms in total. The van der Waals surface area contributed by atoms with Gasteiger partial charge < -0.3 is 19.5 Å². The molecule has 1 N–H and O–H groups in total. The fourth-order valence-electron chi connectivity index (χ4n) is 1.59. The topological polar surface area (TPSA) is 73.9 Å². The highest BCUT2D eigenvalue weighted by Crippen LogP contribution is 2.23. The number of anilines is 1. The zero-order chi connectivity index (χ0) is 15.2. The molecule has 1 heterocycles. The highest BCUT2D eigenvalue weighted by Gasteiger charge is 2.18. The van der Waals surface area contributed by atoms with E-state index in [-0.39, 0.29) is 12.4 Å². The minimum absolute atomic E-state index is 0.0365. The lowest BCUT2D eigenvalue weighted by Crippen LogP contribution is -2.23. The van der Waals surface area contributed by atoms with Crippen molar-refractivity contribution in [1.82, 2.24) is 0 Å². The van der Waals surface area contributed by atoms with Crippen LogP contribution in [-0.4, -0.2) is 31.7 Å². The van der Waals surface area contributed by atoms with Crippen molar-refractivity contribution in [1.29, 1.82) is 0 Å². The monoisotopic (exact) mass is 355 g/mol. The molecule has 1 aromatic carbocycles. The van der Waals surface area contributed by atoms with E-state index < -0.39 is 18.5 Å². The number of aryl methyl sites for hydroxylation is 1. The first-order chi connectivity index (χ1) is 10.1. The Morgan fingerprint density at radius 1 is 1.38 bits per heavy atom. The van der Waals surface area contributed by atoms with Gasteiger partial charge in [0.25, 0.3) is 5.91 Å². The number of nitrogens with one attached hydrogen (secondary N) is 1.